The van der Waals surface area contributed by atoms with E-state index >= 15 is 0 Å². The molecule has 0 spiro atoms. The number of guanidine groups is 1. The third-order valence-corrected chi connectivity index (χ3v) is 2.99. The van der Waals surface area contributed by atoms with Crippen molar-refractivity contribution in [1.29, 1.82) is 0 Å². The van der Waals surface area contributed by atoms with Crippen LogP contribution in [0.25, 0.3) is 0 Å². The molecule has 0 saturated carbocycles. The van der Waals surface area contributed by atoms with Gasteiger partial charge in [-0.3, -0.25) is 0 Å². The third kappa shape index (κ3) is 7.45. The van der Waals surface area contributed by atoms with Gasteiger partial charge in [-0.2, -0.15) is 0 Å². The highest BCUT2D eigenvalue weighted by Crippen LogP contribution is 1.99. The molecule has 120 valence electrons. The van der Waals surface area contributed by atoms with Crippen LogP contribution in [0.4, 0.5) is 0 Å². The number of rotatable bonds is 7. The molecule has 0 aliphatic rings. The highest BCUT2D eigenvalue weighted by molar-refractivity contribution is 14.0. The van der Waals surface area contributed by atoms with Crippen molar-refractivity contribution in [3.63, 3.8) is 0 Å². The van der Waals surface area contributed by atoms with Crippen molar-refractivity contribution >= 4 is 29.9 Å². The lowest BCUT2D eigenvalue weighted by Crippen LogP contribution is -2.38. The van der Waals surface area contributed by atoms with Crippen molar-refractivity contribution < 1.29 is 0 Å². The van der Waals surface area contributed by atoms with Crippen LogP contribution in [0.5, 0.6) is 0 Å². The molecule has 0 radical (unpaired) electrons. The second-order valence-corrected chi connectivity index (χ2v) is 5.17. The molecular weight excluding hydrogens is 379 g/mol. The Kier molecular flexibility index (Phi) is 10.0. The molecule has 1 aromatic heterocycles. The SMILES string of the molecule is C=CCNC(=NCc1nnc(C)n1C)NCCC(C)C.I. The predicted octanol–water partition coefficient (Wildman–Crippen LogP) is 2.01. The molecule has 1 aromatic rings. The van der Waals surface area contributed by atoms with Gasteiger partial charge in [0.15, 0.2) is 11.8 Å². The fourth-order valence-electron chi connectivity index (χ4n) is 1.56. The minimum absolute atomic E-state index is 0. The highest BCUT2D eigenvalue weighted by atomic mass is 127. The molecule has 6 nitrogen and oxygen atoms in total. The van der Waals surface area contributed by atoms with Crippen LogP contribution in [0.3, 0.4) is 0 Å². The van der Waals surface area contributed by atoms with E-state index in [0.29, 0.717) is 19.0 Å². The van der Waals surface area contributed by atoms with Gasteiger partial charge in [0.1, 0.15) is 12.4 Å². The van der Waals surface area contributed by atoms with Crippen LogP contribution in [0, 0.1) is 12.8 Å². The van der Waals surface area contributed by atoms with Crippen LogP contribution in [-0.2, 0) is 13.6 Å². The predicted molar refractivity (Wildman–Crippen MR) is 98.0 cm³/mol. The molecular formula is C14H27IN6. The molecule has 0 unspecified atom stereocenters. The molecule has 21 heavy (non-hydrogen) atoms. The first kappa shape index (κ1) is 19.9. The zero-order valence-corrected chi connectivity index (χ0v) is 15.7. The Balaban J connectivity index is 0.00000400. The molecule has 0 aliphatic heterocycles. The molecule has 0 saturated heterocycles. The van der Waals surface area contributed by atoms with Crippen molar-refractivity contribution in [3.05, 3.63) is 24.3 Å². The van der Waals surface area contributed by atoms with Gasteiger partial charge in [-0.15, -0.1) is 40.8 Å². The van der Waals surface area contributed by atoms with Crippen molar-refractivity contribution in [2.24, 2.45) is 18.0 Å². The third-order valence-electron chi connectivity index (χ3n) is 2.99. The Bertz CT molecular complexity index is 452. The van der Waals surface area contributed by atoms with Crippen molar-refractivity contribution in [1.82, 2.24) is 25.4 Å². The zero-order valence-electron chi connectivity index (χ0n) is 13.4. The molecule has 0 aliphatic carbocycles. The summed E-state index contributed by atoms with van der Waals surface area (Å²) in [6.07, 6.45) is 2.92. The number of nitrogens with one attached hydrogen (secondary N) is 2. The first-order chi connectivity index (χ1) is 9.54. The smallest absolute Gasteiger partial charge is 0.191 e. The zero-order chi connectivity index (χ0) is 15.0. The quantitative estimate of drug-likeness (QED) is 0.315. The normalized spacial score (nSPS) is 11.2. The summed E-state index contributed by atoms with van der Waals surface area (Å²) in [7, 11) is 1.95. The minimum atomic E-state index is 0. The Morgan fingerprint density at radius 2 is 2.10 bits per heavy atom. The van der Waals surface area contributed by atoms with E-state index in [2.05, 4.69) is 46.2 Å². The molecule has 0 bridgehead atoms. The van der Waals surface area contributed by atoms with Gasteiger partial charge in [0.25, 0.3) is 0 Å². The molecule has 0 atom stereocenters. The molecule has 0 aromatic carbocycles. The van der Waals surface area contributed by atoms with Gasteiger partial charge >= 0.3 is 0 Å². The average Bonchev–Trinajstić information content (AvgIpc) is 2.72. The maximum Gasteiger partial charge on any atom is 0.191 e. The molecule has 7 heteroatoms. The van der Waals surface area contributed by atoms with E-state index < -0.39 is 0 Å². The Hall–Kier alpha value is -1.12. The van der Waals surface area contributed by atoms with Crippen LogP contribution in [0.15, 0.2) is 17.6 Å². The van der Waals surface area contributed by atoms with E-state index in [0.717, 1.165) is 30.6 Å². The van der Waals surface area contributed by atoms with E-state index in [-0.39, 0.29) is 24.0 Å². The van der Waals surface area contributed by atoms with Crippen LogP contribution in [0.1, 0.15) is 31.9 Å². The minimum Gasteiger partial charge on any atom is -0.356 e. The second kappa shape index (κ2) is 10.6. The highest BCUT2D eigenvalue weighted by Gasteiger charge is 2.04. The summed E-state index contributed by atoms with van der Waals surface area (Å²) in [5.74, 6) is 3.20. The molecule has 1 rings (SSSR count). The first-order valence-electron chi connectivity index (χ1n) is 7.02. The molecule has 0 fully saturated rings. The lowest BCUT2D eigenvalue weighted by molar-refractivity contribution is 0.574. The summed E-state index contributed by atoms with van der Waals surface area (Å²) in [6.45, 7) is 12.1. The number of aliphatic imine (C=N–C) groups is 1. The standard InChI is InChI=1S/C14H26N6.HI/c1-6-8-15-14(16-9-7-11(2)3)17-10-13-19-18-12(4)20(13)5;/h6,11H,1,7-10H2,2-5H3,(H2,15,16,17);1H. The maximum atomic E-state index is 4.53. The van der Waals surface area contributed by atoms with Gasteiger partial charge in [-0.05, 0) is 19.3 Å². The Morgan fingerprint density at radius 3 is 2.62 bits per heavy atom. The lowest BCUT2D eigenvalue weighted by Gasteiger charge is -2.12. The summed E-state index contributed by atoms with van der Waals surface area (Å²) < 4.78 is 1.95. The summed E-state index contributed by atoms with van der Waals surface area (Å²) in [5, 5.41) is 14.7. The number of halogens is 1. The van der Waals surface area contributed by atoms with Gasteiger partial charge in [-0.1, -0.05) is 19.9 Å². The summed E-state index contributed by atoms with van der Waals surface area (Å²) in [5.41, 5.74) is 0. The summed E-state index contributed by atoms with van der Waals surface area (Å²) >= 11 is 0. The van der Waals surface area contributed by atoms with Crippen LogP contribution in [0.2, 0.25) is 0 Å². The number of hydrogen-bond donors (Lipinski definition) is 2. The van der Waals surface area contributed by atoms with Gasteiger partial charge in [0.05, 0.1) is 0 Å². The number of aryl methyl sites for hydroxylation is 1. The van der Waals surface area contributed by atoms with Crippen LogP contribution >= 0.6 is 24.0 Å². The van der Waals surface area contributed by atoms with E-state index in [1.807, 2.05) is 24.6 Å². The monoisotopic (exact) mass is 406 g/mol. The van der Waals surface area contributed by atoms with Gasteiger partial charge in [0.2, 0.25) is 0 Å². The number of hydrogen-bond acceptors (Lipinski definition) is 3. The molecule has 0 amide bonds. The van der Waals surface area contributed by atoms with E-state index in [1.54, 1.807) is 0 Å². The summed E-state index contributed by atoms with van der Waals surface area (Å²) in [6, 6.07) is 0. The Morgan fingerprint density at radius 1 is 1.38 bits per heavy atom. The fraction of sp³-hybridized carbons (Fsp3) is 0.643. The van der Waals surface area contributed by atoms with Crippen molar-refractivity contribution in [3.8, 4) is 0 Å². The molecule has 2 N–H and O–H groups in total. The number of nitrogens with zero attached hydrogens (tertiary/aromatic N) is 4. The van der Waals surface area contributed by atoms with E-state index in [4.69, 9.17) is 0 Å². The maximum absolute atomic E-state index is 4.53. The fourth-order valence-corrected chi connectivity index (χ4v) is 1.56. The lowest BCUT2D eigenvalue weighted by atomic mass is 10.1. The molecule has 1 heterocycles. The first-order valence-corrected chi connectivity index (χ1v) is 7.02. The Labute approximate surface area is 144 Å². The largest absolute Gasteiger partial charge is 0.356 e. The second-order valence-electron chi connectivity index (χ2n) is 5.17. The van der Waals surface area contributed by atoms with Gasteiger partial charge in [0, 0.05) is 20.1 Å². The van der Waals surface area contributed by atoms with Crippen LogP contribution < -0.4 is 10.6 Å². The van der Waals surface area contributed by atoms with E-state index in [9.17, 15) is 0 Å². The van der Waals surface area contributed by atoms with Gasteiger partial charge < -0.3 is 15.2 Å². The van der Waals surface area contributed by atoms with Crippen LogP contribution in [-0.4, -0.2) is 33.8 Å². The van der Waals surface area contributed by atoms with E-state index in [1.165, 1.54) is 0 Å². The number of aromatic nitrogens is 3. The van der Waals surface area contributed by atoms with Crippen molar-refractivity contribution in [2.45, 2.75) is 33.7 Å². The summed E-state index contributed by atoms with van der Waals surface area (Å²) in [4.78, 5) is 4.53. The van der Waals surface area contributed by atoms with Gasteiger partial charge in [-0.25, -0.2) is 4.99 Å². The topological polar surface area (TPSA) is 67.1 Å². The average molecular weight is 406 g/mol. The van der Waals surface area contributed by atoms with Crippen molar-refractivity contribution in [2.75, 3.05) is 13.1 Å².